The molecule has 0 aliphatic heterocycles. The van der Waals surface area contributed by atoms with Crippen molar-refractivity contribution in [2.75, 3.05) is 12.9 Å². The third-order valence-electron chi connectivity index (χ3n) is 3.59. The van der Waals surface area contributed by atoms with Gasteiger partial charge >= 0.3 is 6.09 Å². The Morgan fingerprint density at radius 2 is 1.97 bits per heavy atom. The maximum absolute atomic E-state index is 12.9. The minimum atomic E-state index is -0.787. The molecule has 0 radical (unpaired) electrons. The molecule has 0 aliphatic carbocycles. The lowest BCUT2D eigenvalue weighted by atomic mass is 10.1. The third-order valence-corrected chi connectivity index (χ3v) is 4.17. The number of nitrogens with zero attached hydrogens (tertiary/aromatic N) is 2. The van der Waals surface area contributed by atoms with Gasteiger partial charge in [0.15, 0.2) is 5.17 Å². The van der Waals surface area contributed by atoms with E-state index < -0.39 is 17.6 Å². The van der Waals surface area contributed by atoms with Crippen LogP contribution in [0.1, 0.15) is 36.9 Å². The van der Waals surface area contributed by atoms with E-state index in [2.05, 4.69) is 22.0 Å². The van der Waals surface area contributed by atoms with Crippen LogP contribution in [0.3, 0.4) is 0 Å². The lowest BCUT2D eigenvalue weighted by molar-refractivity contribution is 0.0604. The summed E-state index contributed by atoms with van der Waals surface area (Å²) in [7, 11) is 0. The van der Waals surface area contributed by atoms with Crippen LogP contribution >= 0.6 is 11.8 Å². The number of hydrogen-bond donors (Lipinski definition) is 1. The molecule has 1 aromatic carbocycles. The lowest BCUT2D eigenvalue weighted by Gasteiger charge is -2.17. The Morgan fingerprint density at radius 1 is 1.30 bits per heavy atom. The fourth-order valence-electron chi connectivity index (χ4n) is 2.35. The molecule has 1 N–H and O–H groups in total. The number of ether oxygens (including phenoxy) is 2. The number of nitrogens with one attached hydrogen (secondary N) is 1. The summed E-state index contributed by atoms with van der Waals surface area (Å²) in [4.78, 5) is 28.6. The molecule has 160 valence electrons. The Labute approximate surface area is 179 Å². The SMILES string of the molecule is C=CCOc1ccc(-c2noc(C)c2C(=O)N/C(=N/C(=O)OC(C)(C)C)SC)cc1. The fraction of sp³-hybridized carbons (Fsp3) is 0.333. The molecular formula is C21H25N3O5S. The van der Waals surface area contributed by atoms with Gasteiger partial charge in [-0.1, -0.05) is 29.6 Å². The first-order valence-electron chi connectivity index (χ1n) is 9.12. The van der Waals surface area contributed by atoms with Crippen LogP contribution in [0.2, 0.25) is 0 Å². The van der Waals surface area contributed by atoms with Crippen molar-refractivity contribution in [3.63, 3.8) is 0 Å². The average Bonchev–Trinajstić information content (AvgIpc) is 3.06. The largest absolute Gasteiger partial charge is 0.490 e. The molecule has 1 aromatic heterocycles. The molecule has 0 bridgehead atoms. The molecule has 0 fully saturated rings. The fourth-order valence-corrected chi connectivity index (χ4v) is 2.71. The van der Waals surface area contributed by atoms with Crippen molar-refractivity contribution >= 4 is 28.9 Å². The van der Waals surface area contributed by atoms with Gasteiger partial charge in [0.25, 0.3) is 5.91 Å². The highest BCUT2D eigenvalue weighted by Gasteiger charge is 2.23. The van der Waals surface area contributed by atoms with Crippen LogP contribution < -0.4 is 10.1 Å². The summed E-state index contributed by atoms with van der Waals surface area (Å²) in [5, 5.41) is 6.73. The van der Waals surface area contributed by atoms with Gasteiger partial charge in [0.1, 0.15) is 35.0 Å². The molecule has 9 heteroatoms. The number of hydrogen-bond acceptors (Lipinski definition) is 7. The quantitative estimate of drug-likeness (QED) is 0.419. The summed E-state index contributed by atoms with van der Waals surface area (Å²) in [5.74, 6) is 0.513. The molecule has 0 unspecified atom stereocenters. The molecule has 1 heterocycles. The van der Waals surface area contributed by atoms with E-state index in [0.717, 1.165) is 11.8 Å². The highest BCUT2D eigenvalue weighted by molar-refractivity contribution is 8.13. The Hall–Kier alpha value is -3.07. The molecule has 30 heavy (non-hydrogen) atoms. The molecule has 0 spiro atoms. The Bertz CT molecular complexity index is 943. The van der Waals surface area contributed by atoms with Crippen molar-refractivity contribution < 1.29 is 23.6 Å². The number of aryl methyl sites for hydroxylation is 1. The second kappa shape index (κ2) is 10.1. The number of carbonyl (C=O) groups excluding carboxylic acids is 2. The van der Waals surface area contributed by atoms with Crippen molar-refractivity contribution in [3.8, 4) is 17.0 Å². The van der Waals surface area contributed by atoms with Crippen LogP contribution in [0.25, 0.3) is 11.3 Å². The number of aromatic nitrogens is 1. The minimum Gasteiger partial charge on any atom is -0.490 e. The van der Waals surface area contributed by atoms with Gasteiger partial charge in [-0.05, 0) is 58.2 Å². The number of amides is 2. The van der Waals surface area contributed by atoms with Gasteiger partial charge in [-0.25, -0.2) is 4.79 Å². The predicted molar refractivity (Wildman–Crippen MR) is 117 cm³/mol. The van der Waals surface area contributed by atoms with Crippen molar-refractivity contribution in [3.05, 3.63) is 48.2 Å². The summed E-state index contributed by atoms with van der Waals surface area (Å²) in [6.07, 6.45) is 2.55. The Morgan fingerprint density at radius 3 is 2.53 bits per heavy atom. The first kappa shape index (κ1) is 23.2. The summed E-state index contributed by atoms with van der Waals surface area (Å²) < 4.78 is 15.9. The second-order valence-corrected chi connectivity index (χ2v) is 7.94. The number of amidine groups is 1. The van der Waals surface area contributed by atoms with Crippen LogP contribution in [-0.2, 0) is 4.74 Å². The van der Waals surface area contributed by atoms with Crippen LogP contribution in [0.4, 0.5) is 4.79 Å². The second-order valence-electron chi connectivity index (χ2n) is 7.14. The number of thioether (sulfide) groups is 1. The zero-order valence-corrected chi connectivity index (χ0v) is 18.5. The molecule has 0 atom stereocenters. The number of aliphatic imine (C=N–C) groups is 1. The highest BCUT2D eigenvalue weighted by Crippen LogP contribution is 2.27. The topological polar surface area (TPSA) is 103 Å². The van der Waals surface area contributed by atoms with Gasteiger partial charge in [0.2, 0.25) is 0 Å². The summed E-state index contributed by atoms with van der Waals surface area (Å²) in [6, 6.07) is 7.08. The van der Waals surface area contributed by atoms with Crippen LogP contribution in [-0.4, -0.2) is 40.8 Å². The molecule has 0 saturated heterocycles. The molecule has 2 rings (SSSR count). The standard InChI is InChI=1S/C21H25N3O5S/c1-7-12-27-15-10-8-14(9-11-15)17-16(13(2)29-24-17)18(25)22-19(30-6)23-20(26)28-21(3,4)5/h7-11H,1,12H2,2-6H3,(H,22,23,25,26). The van der Waals surface area contributed by atoms with E-state index in [1.165, 1.54) is 0 Å². The maximum Gasteiger partial charge on any atom is 0.436 e. The monoisotopic (exact) mass is 431 g/mol. The highest BCUT2D eigenvalue weighted by atomic mass is 32.2. The van der Waals surface area contributed by atoms with Gasteiger partial charge in [0.05, 0.1) is 0 Å². The van der Waals surface area contributed by atoms with Crippen LogP contribution in [0.5, 0.6) is 5.75 Å². The van der Waals surface area contributed by atoms with E-state index in [1.807, 2.05) is 0 Å². The van der Waals surface area contributed by atoms with Gasteiger partial charge in [0, 0.05) is 5.56 Å². The number of carbonyl (C=O) groups is 2. The smallest absolute Gasteiger partial charge is 0.436 e. The van der Waals surface area contributed by atoms with Gasteiger partial charge in [-0.15, -0.1) is 0 Å². The predicted octanol–water partition coefficient (Wildman–Crippen LogP) is 4.60. The Kier molecular flexibility index (Phi) is 7.82. The zero-order valence-electron chi connectivity index (χ0n) is 17.6. The van der Waals surface area contributed by atoms with E-state index in [9.17, 15) is 9.59 Å². The lowest BCUT2D eigenvalue weighted by Crippen LogP contribution is -2.30. The molecule has 0 saturated carbocycles. The normalized spacial score (nSPS) is 11.7. The van der Waals surface area contributed by atoms with E-state index in [0.29, 0.717) is 29.4 Å². The van der Waals surface area contributed by atoms with Crippen LogP contribution in [0.15, 0.2) is 46.4 Å². The van der Waals surface area contributed by atoms with Crippen LogP contribution in [0, 0.1) is 6.92 Å². The average molecular weight is 432 g/mol. The maximum atomic E-state index is 12.9. The molecule has 0 aliphatic rings. The van der Waals surface area contributed by atoms with E-state index >= 15 is 0 Å². The van der Waals surface area contributed by atoms with Gasteiger partial charge < -0.3 is 19.3 Å². The zero-order chi connectivity index (χ0) is 22.3. The molecule has 2 amide bonds. The molecular weight excluding hydrogens is 406 g/mol. The number of benzene rings is 1. The third kappa shape index (κ3) is 6.48. The summed E-state index contributed by atoms with van der Waals surface area (Å²) >= 11 is 1.11. The van der Waals surface area contributed by atoms with Crippen molar-refractivity contribution in [2.45, 2.75) is 33.3 Å². The van der Waals surface area contributed by atoms with Gasteiger partial charge in [-0.2, -0.15) is 4.99 Å². The molecule has 8 nitrogen and oxygen atoms in total. The first-order valence-corrected chi connectivity index (χ1v) is 10.3. The number of rotatable bonds is 5. The summed E-state index contributed by atoms with van der Waals surface area (Å²) in [6.45, 7) is 10.8. The van der Waals surface area contributed by atoms with E-state index in [-0.39, 0.29) is 10.7 Å². The molecule has 2 aromatic rings. The van der Waals surface area contributed by atoms with Crippen molar-refractivity contribution in [2.24, 2.45) is 4.99 Å². The van der Waals surface area contributed by atoms with E-state index in [4.69, 9.17) is 14.0 Å². The first-order chi connectivity index (χ1) is 14.1. The van der Waals surface area contributed by atoms with Crippen molar-refractivity contribution in [1.29, 1.82) is 0 Å². The summed E-state index contributed by atoms with van der Waals surface area (Å²) in [5.41, 5.74) is 0.616. The van der Waals surface area contributed by atoms with Crippen molar-refractivity contribution in [1.82, 2.24) is 10.5 Å². The minimum absolute atomic E-state index is 0.106. The van der Waals surface area contributed by atoms with Gasteiger partial charge in [-0.3, -0.25) is 4.79 Å². The van der Waals surface area contributed by atoms with E-state index in [1.54, 1.807) is 64.3 Å². The Balaban J connectivity index is 2.23.